The number of rotatable bonds is 3. The van der Waals surface area contributed by atoms with Crippen molar-refractivity contribution in [1.29, 1.82) is 0 Å². The van der Waals surface area contributed by atoms with Crippen molar-refractivity contribution >= 4 is 29.0 Å². The Balaban J connectivity index is 2.28. The van der Waals surface area contributed by atoms with E-state index >= 15 is 0 Å². The van der Waals surface area contributed by atoms with E-state index in [4.69, 9.17) is 5.14 Å². The van der Waals surface area contributed by atoms with Crippen molar-refractivity contribution in [2.24, 2.45) is 9.54 Å². The molecule has 0 saturated carbocycles. The Bertz CT molecular complexity index is 859. The quantitative estimate of drug-likeness (QED) is 0.757. The molecule has 1 aliphatic rings. The van der Waals surface area contributed by atoms with Crippen LogP contribution in [0.15, 0.2) is 88.4 Å². The highest BCUT2D eigenvalue weighted by molar-refractivity contribution is 7.96. The van der Waals surface area contributed by atoms with Crippen LogP contribution in [0.5, 0.6) is 0 Å². The van der Waals surface area contributed by atoms with Gasteiger partial charge in [0.05, 0.1) is 17.8 Å². The van der Waals surface area contributed by atoms with Gasteiger partial charge in [-0.25, -0.2) is 0 Å². The molecule has 1 aliphatic carbocycles. The maximum Gasteiger partial charge on any atom is 0.0881 e. The summed E-state index contributed by atoms with van der Waals surface area (Å²) in [7, 11) is 0. The molecule has 0 heterocycles. The Kier molecular flexibility index (Phi) is 4.84. The van der Waals surface area contributed by atoms with Crippen LogP contribution in [0.2, 0.25) is 0 Å². The molecule has 120 valence electrons. The van der Waals surface area contributed by atoms with E-state index < -0.39 is 0 Å². The minimum Gasteiger partial charge on any atom is -0.258 e. The lowest BCUT2D eigenvalue weighted by Crippen LogP contribution is -2.15. The van der Waals surface area contributed by atoms with Crippen molar-refractivity contribution in [3.63, 3.8) is 0 Å². The van der Waals surface area contributed by atoms with Gasteiger partial charge < -0.3 is 0 Å². The molecule has 0 aliphatic heterocycles. The summed E-state index contributed by atoms with van der Waals surface area (Å²) in [5, 5.41) is 5.68. The lowest BCUT2D eigenvalue weighted by atomic mass is 9.78. The van der Waals surface area contributed by atoms with E-state index in [9.17, 15) is 0 Å². The van der Waals surface area contributed by atoms with Crippen LogP contribution in [0, 0.1) is 0 Å². The molecule has 2 N–H and O–H groups in total. The van der Waals surface area contributed by atoms with E-state index in [0.717, 1.165) is 45.7 Å². The van der Waals surface area contributed by atoms with Gasteiger partial charge in [0.25, 0.3) is 0 Å². The van der Waals surface area contributed by atoms with Crippen LogP contribution in [-0.2, 0) is 0 Å². The largest absolute Gasteiger partial charge is 0.258 e. The van der Waals surface area contributed by atoms with E-state index in [0.29, 0.717) is 0 Å². The number of nitrogens with zero attached hydrogens (tertiary/aromatic N) is 1. The van der Waals surface area contributed by atoms with Crippen LogP contribution in [0.4, 0.5) is 0 Å². The van der Waals surface area contributed by atoms with E-state index in [-0.39, 0.29) is 0 Å². The van der Waals surface area contributed by atoms with Gasteiger partial charge in [-0.3, -0.25) is 5.14 Å². The van der Waals surface area contributed by atoms with Crippen molar-refractivity contribution in [3.8, 4) is 0 Å². The van der Waals surface area contributed by atoms with Gasteiger partial charge in [0.15, 0.2) is 0 Å². The molecule has 2 nitrogen and oxygen atoms in total. The third kappa shape index (κ3) is 2.88. The smallest absolute Gasteiger partial charge is 0.0881 e. The average molecular weight is 332 g/mol. The predicted octanol–water partition coefficient (Wildman–Crippen LogP) is 5.47. The Morgan fingerprint density at radius 1 is 0.792 bits per heavy atom. The molecule has 3 heteroatoms. The van der Waals surface area contributed by atoms with Crippen molar-refractivity contribution in [2.75, 3.05) is 0 Å². The monoisotopic (exact) mass is 332 g/mol. The van der Waals surface area contributed by atoms with E-state index in [1.165, 1.54) is 11.1 Å². The molecule has 0 amide bonds. The van der Waals surface area contributed by atoms with Gasteiger partial charge in [-0.05, 0) is 41.7 Å². The summed E-state index contributed by atoms with van der Waals surface area (Å²) in [4.78, 5) is 0. The third-order valence-corrected chi connectivity index (χ3v) is 4.69. The Morgan fingerprint density at radius 2 is 1.25 bits per heavy atom. The summed E-state index contributed by atoms with van der Waals surface area (Å²) in [6.07, 6.45) is 0. The molecule has 0 unspecified atom stereocenters. The topological polar surface area (TPSA) is 38.4 Å². The van der Waals surface area contributed by atoms with Gasteiger partial charge in [-0.15, -0.1) is 0 Å². The predicted molar refractivity (Wildman–Crippen MR) is 106 cm³/mol. The van der Waals surface area contributed by atoms with Gasteiger partial charge in [-0.2, -0.15) is 4.40 Å². The van der Waals surface area contributed by atoms with Crippen molar-refractivity contribution in [1.82, 2.24) is 0 Å². The lowest BCUT2D eigenvalue weighted by Gasteiger charge is -2.27. The second-order valence-electron chi connectivity index (χ2n) is 5.76. The van der Waals surface area contributed by atoms with E-state index in [1.807, 2.05) is 36.4 Å². The standard InChI is InChI=1S/C21H20N2S/c1-14-15(2)20(18-12-8-5-9-13-18)21(23-24-22)16(3)19(14)17-10-6-4-7-11-17/h4-13H,3,22H2,1-2H3. The molecule has 0 bridgehead atoms. The number of benzene rings is 2. The van der Waals surface area contributed by atoms with Crippen LogP contribution < -0.4 is 5.14 Å². The summed E-state index contributed by atoms with van der Waals surface area (Å²) in [6.45, 7) is 8.63. The van der Waals surface area contributed by atoms with Gasteiger partial charge in [0, 0.05) is 11.1 Å². The zero-order valence-corrected chi connectivity index (χ0v) is 14.7. The molecule has 0 atom stereocenters. The lowest BCUT2D eigenvalue weighted by molar-refractivity contribution is 1.33. The molecule has 24 heavy (non-hydrogen) atoms. The van der Waals surface area contributed by atoms with Gasteiger partial charge in [0.1, 0.15) is 0 Å². The minimum atomic E-state index is 0.857. The first kappa shape index (κ1) is 16.5. The first-order valence-electron chi connectivity index (χ1n) is 7.82. The summed E-state index contributed by atoms with van der Waals surface area (Å²) >= 11 is 0.981. The molecule has 0 radical (unpaired) electrons. The molecular weight excluding hydrogens is 312 g/mol. The average Bonchev–Trinajstić information content (AvgIpc) is 2.62. The second kappa shape index (κ2) is 7.04. The van der Waals surface area contributed by atoms with Crippen molar-refractivity contribution < 1.29 is 0 Å². The van der Waals surface area contributed by atoms with Crippen molar-refractivity contribution in [2.45, 2.75) is 13.8 Å². The van der Waals surface area contributed by atoms with Crippen molar-refractivity contribution in [3.05, 3.63) is 95.1 Å². The highest BCUT2D eigenvalue weighted by Gasteiger charge is 2.27. The molecule has 0 fully saturated rings. The van der Waals surface area contributed by atoms with Gasteiger partial charge >= 0.3 is 0 Å². The summed E-state index contributed by atoms with van der Waals surface area (Å²) < 4.78 is 4.50. The van der Waals surface area contributed by atoms with Crippen LogP contribution in [0.3, 0.4) is 0 Å². The third-order valence-electron chi connectivity index (χ3n) is 4.41. The summed E-state index contributed by atoms with van der Waals surface area (Å²) in [5.74, 6) is 0. The molecule has 0 aromatic heterocycles. The second-order valence-corrected chi connectivity index (χ2v) is 6.15. The van der Waals surface area contributed by atoms with Crippen LogP contribution in [0.25, 0.3) is 11.1 Å². The minimum absolute atomic E-state index is 0.857. The van der Waals surface area contributed by atoms with E-state index in [2.05, 4.69) is 49.1 Å². The highest BCUT2D eigenvalue weighted by Crippen LogP contribution is 2.41. The fourth-order valence-electron chi connectivity index (χ4n) is 3.16. The Hall–Kier alpha value is -2.36. The normalized spacial score (nSPS) is 17.0. The molecule has 2 aromatic carbocycles. The Morgan fingerprint density at radius 3 is 1.75 bits per heavy atom. The molecular formula is C21H20N2S. The first-order chi connectivity index (χ1) is 11.6. The zero-order valence-electron chi connectivity index (χ0n) is 13.9. The fourth-order valence-corrected chi connectivity index (χ4v) is 3.46. The fraction of sp³-hybridized carbons (Fsp3) is 0.0952. The van der Waals surface area contributed by atoms with Crippen LogP contribution in [-0.4, -0.2) is 5.71 Å². The van der Waals surface area contributed by atoms with Gasteiger partial charge in [0.2, 0.25) is 0 Å². The number of nitrogens with two attached hydrogens (primary N) is 1. The zero-order chi connectivity index (χ0) is 17.1. The maximum absolute atomic E-state index is 5.68. The number of allylic oxidation sites excluding steroid dienone is 5. The molecule has 0 spiro atoms. The van der Waals surface area contributed by atoms with E-state index in [1.54, 1.807) is 0 Å². The van der Waals surface area contributed by atoms with Crippen LogP contribution in [0.1, 0.15) is 25.0 Å². The number of hydrogen-bond acceptors (Lipinski definition) is 3. The Labute approximate surface area is 147 Å². The number of hydrogen-bond donors (Lipinski definition) is 1. The summed E-state index contributed by atoms with van der Waals surface area (Å²) in [5.41, 5.74) is 8.75. The highest BCUT2D eigenvalue weighted by atomic mass is 32.2. The first-order valence-corrected chi connectivity index (χ1v) is 8.65. The van der Waals surface area contributed by atoms with Gasteiger partial charge in [-0.1, -0.05) is 67.2 Å². The van der Waals surface area contributed by atoms with Crippen LogP contribution >= 0.6 is 12.1 Å². The molecule has 3 rings (SSSR count). The molecule has 2 aromatic rings. The maximum atomic E-state index is 5.68. The summed E-state index contributed by atoms with van der Waals surface area (Å²) in [6, 6.07) is 20.6. The SMILES string of the molecule is C=C1C(=NSN)C(c2ccccc2)=C(C)C(C)=C1c1ccccc1. The molecule has 0 saturated heterocycles.